The molecule has 0 spiro atoms. The van der Waals surface area contributed by atoms with Gasteiger partial charge in [-0.05, 0) is 37.8 Å². The molecule has 0 radical (unpaired) electrons. The van der Waals surface area contributed by atoms with Crippen molar-refractivity contribution >= 4 is 23.3 Å². The molecule has 0 bridgehead atoms. The predicted octanol–water partition coefficient (Wildman–Crippen LogP) is 2.46. The largest absolute Gasteiger partial charge is 0.449 e. The van der Waals surface area contributed by atoms with E-state index in [4.69, 9.17) is 4.74 Å². The highest BCUT2D eigenvalue weighted by Crippen LogP contribution is 2.32. The molecule has 1 heterocycles. The summed E-state index contributed by atoms with van der Waals surface area (Å²) in [6, 6.07) is 4.33. The van der Waals surface area contributed by atoms with Gasteiger partial charge in [0.25, 0.3) is 11.6 Å². The second-order valence-electron chi connectivity index (χ2n) is 6.93. The summed E-state index contributed by atoms with van der Waals surface area (Å²) in [5, 5.41) is 11.5. The minimum atomic E-state index is -0.959. The monoisotopic (exact) mass is 363 g/mol. The number of esters is 1. The Kier molecular flexibility index (Phi) is 6.18. The number of piperidine rings is 1. The van der Waals surface area contributed by atoms with Gasteiger partial charge in [-0.3, -0.25) is 14.9 Å². The topological polar surface area (TPSA) is 93.0 Å². The molecule has 1 amide bonds. The Balaban J connectivity index is 2.23. The maximum absolute atomic E-state index is 12.3. The van der Waals surface area contributed by atoms with Gasteiger partial charge in [-0.25, -0.2) is 4.79 Å². The van der Waals surface area contributed by atoms with Gasteiger partial charge in [-0.2, -0.15) is 0 Å². The van der Waals surface area contributed by atoms with Gasteiger partial charge in [0.05, 0.1) is 10.5 Å². The van der Waals surface area contributed by atoms with Crippen LogP contribution in [0.15, 0.2) is 18.2 Å². The van der Waals surface area contributed by atoms with Gasteiger partial charge in [0.1, 0.15) is 5.69 Å². The van der Waals surface area contributed by atoms with Crippen LogP contribution < -0.4 is 4.90 Å². The first-order chi connectivity index (χ1) is 12.2. The first-order valence-corrected chi connectivity index (χ1v) is 8.66. The van der Waals surface area contributed by atoms with E-state index in [-0.39, 0.29) is 17.2 Å². The molecule has 1 aromatic carbocycles. The van der Waals surface area contributed by atoms with E-state index >= 15 is 0 Å². The fourth-order valence-electron chi connectivity index (χ4n) is 3.11. The van der Waals surface area contributed by atoms with E-state index in [0.717, 1.165) is 25.9 Å². The van der Waals surface area contributed by atoms with Gasteiger partial charge in [0.2, 0.25) is 0 Å². The molecular formula is C18H25N3O5. The van der Waals surface area contributed by atoms with Crippen LogP contribution in [0.25, 0.3) is 0 Å². The second kappa shape index (κ2) is 8.16. The van der Waals surface area contributed by atoms with Crippen molar-refractivity contribution in [3.63, 3.8) is 0 Å². The molecule has 8 heteroatoms. The Labute approximate surface area is 152 Å². The van der Waals surface area contributed by atoms with Crippen LogP contribution in [-0.4, -0.2) is 55.0 Å². The van der Waals surface area contributed by atoms with Gasteiger partial charge in [-0.1, -0.05) is 6.92 Å². The molecule has 26 heavy (non-hydrogen) atoms. The summed E-state index contributed by atoms with van der Waals surface area (Å²) in [4.78, 5) is 38.4. The van der Waals surface area contributed by atoms with E-state index in [1.54, 1.807) is 20.2 Å². The first kappa shape index (κ1) is 19.7. The van der Waals surface area contributed by atoms with Gasteiger partial charge >= 0.3 is 5.97 Å². The van der Waals surface area contributed by atoms with Crippen molar-refractivity contribution in [1.82, 2.24) is 4.90 Å². The van der Waals surface area contributed by atoms with Crippen molar-refractivity contribution < 1.29 is 19.2 Å². The SMILES string of the molecule is C[C@H]1CCCN(c2ccc(C(=O)O[C@@H](C)C(=O)N(C)C)cc2[N+](=O)[O-])C1. The van der Waals surface area contributed by atoms with E-state index in [2.05, 4.69) is 6.92 Å². The summed E-state index contributed by atoms with van der Waals surface area (Å²) in [5.41, 5.74) is 0.444. The Morgan fingerprint density at radius 1 is 1.38 bits per heavy atom. The standard InChI is InChI=1S/C18H25N3O5/c1-12-6-5-9-20(11-12)15-8-7-14(10-16(15)21(24)25)18(23)26-13(2)17(22)19(3)4/h7-8,10,12-13H,5-6,9,11H2,1-4H3/t12-,13-/m0/s1. The molecule has 0 aliphatic carbocycles. The Morgan fingerprint density at radius 3 is 2.65 bits per heavy atom. The number of nitro benzene ring substituents is 1. The average Bonchev–Trinajstić information content (AvgIpc) is 2.60. The zero-order chi connectivity index (χ0) is 19.4. The number of nitrogens with zero attached hydrogens (tertiary/aromatic N) is 3. The molecule has 8 nitrogen and oxygen atoms in total. The van der Waals surface area contributed by atoms with Gasteiger partial charge in [0.15, 0.2) is 6.10 Å². The summed E-state index contributed by atoms with van der Waals surface area (Å²) >= 11 is 0. The summed E-state index contributed by atoms with van der Waals surface area (Å²) in [6.45, 7) is 5.09. The van der Waals surface area contributed by atoms with Crippen LogP contribution in [0.1, 0.15) is 37.0 Å². The van der Waals surface area contributed by atoms with Crippen LogP contribution in [0.5, 0.6) is 0 Å². The molecule has 2 rings (SSSR count). The number of likely N-dealkylation sites (N-methyl/N-ethyl adjacent to an activating group) is 1. The van der Waals surface area contributed by atoms with E-state index in [9.17, 15) is 19.7 Å². The van der Waals surface area contributed by atoms with Crippen molar-refractivity contribution in [1.29, 1.82) is 0 Å². The lowest BCUT2D eigenvalue weighted by Crippen LogP contribution is -2.35. The number of benzene rings is 1. The molecule has 0 N–H and O–H groups in total. The molecule has 2 atom stereocenters. The minimum absolute atomic E-state index is 0.0592. The van der Waals surface area contributed by atoms with Crippen LogP contribution in [-0.2, 0) is 9.53 Å². The van der Waals surface area contributed by atoms with E-state index in [1.807, 2.05) is 4.90 Å². The smallest absolute Gasteiger partial charge is 0.339 e. The first-order valence-electron chi connectivity index (χ1n) is 8.66. The minimum Gasteiger partial charge on any atom is -0.449 e. The summed E-state index contributed by atoms with van der Waals surface area (Å²) in [5.74, 6) is -0.646. The third-order valence-electron chi connectivity index (χ3n) is 4.48. The summed E-state index contributed by atoms with van der Waals surface area (Å²) in [6.07, 6.45) is 1.12. The third kappa shape index (κ3) is 4.50. The number of carbonyl (C=O) groups is 2. The molecule has 0 unspecified atom stereocenters. The number of hydrogen-bond donors (Lipinski definition) is 0. The lowest BCUT2D eigenvalue weighted by atomic mass is 9.99. The fourth-order valence-corrected chi connectivity index (χ4v) is 3.11. The number of anilines is 1. The van der Waals surface area contributed by atoms with Crippen molar-refractivity contribution in [2.45, 2.75) is 32.8 Å². The molecular weight excluding hydrogens is 338 g/mol. The van der Waals surface area contributed by atoms with E-state index < -0.39 is 17.0 Å². The number of nitro groups is 1. The molecule has 142 valence electrons. The normalized spacial score (nSPS) is 18.2. The molecule has 0 saturated carbocycles. The van der Waals surface area contributed by atoms with Gasteiger partial charge in [-0.15, -0.1) is 0 Å². The van der Waals surface area contributed by atoms with E-state index in [1.165, 1.54) is 24.0 Å². The lowest BCUT2D eigenvalue weighted by molar-refractivity contribution is -0.384. The summed E-state index contributed by atoms with van der Waals surface area (Å²) in [7, 11) is 3.12. The number of amides is 1. The highest BCUT2D eigenvalue weighted by atomic mass is 16.6. The average molecular weight is 363 g/mol. The number of hydrogen-bond acceptors (Lipinski definition) is 6. The molecule has 1 fully saturated rings. The van der Waals surface area contributed by atoms with Gasteiger partial charge in [0, 0.05) is 33.3 Å². The van der Waals surface area contributed by atoms with Crippen molar-refractivity contribution in [3.8, 4) is 0 Å². The van der Waals surface area contributed by atoms with E-state index in [0.29, 0.717) is 11.6 Å². The maximum atomic E-state index is 12.3. The number of ether oxygens (including phenoxy) is 1. The highest BCUT2D eigenvalue weighted by Gasteiger charge is 2.27. The molecule has 1 saturated heterocycles. The Morgan fingerprint density at radius 2 is 2.08 bits per heavy atom. The highest BCUT2D eigenvalue weighted by molar-refractivity contribution is 5.93. The zero-order valence-electron chi connectivity index (χ0n) is 15.6. The van der Waals surface area contributed by atoms with Crippen molar-refractivity contribution in [2.24, 2.45) is 5.92 Å². The quantitative estimate of drug-likeness (QED) is 0.453. The van der Waals surface area contributed by atoms with Crippen molar-refractivity contribution in [2.75, 3.05) is 32.1 Å². The maximum Gasteiger partial charge on any atom is 0.339 e. The zero-order valence-corrected chi connectivity index (χ0v) is 15.6. The molecule has 1 aromatic rings. The van der Waals surface area contributed by atoms with Crippen LogP contribution in [0.3, 0.4) is 0 Å². The van der Waals surface area contributed by atoms with Crippen molar-refractivity contribution in [3.05, 3.63) is 33.9 Å². The molecule has 1 aliphatic rings. The predicted molar refractivity (Wildman–Crippen MR) is 97.3 cm³/mol. The van der Waals surface area contributed by atoms with Gasteiger partial charge < -0.3 is 14.5 Å². The Hall–Kier alpha value is -2.64. The second-order valence-corrected chi connectivity index (χ2v) is 6.93. The third-order valence-corrected chi connectivity index (χ3v) is 4.48. The number of rotatable bonds is 5. The number of carbonyl (C=O) groups excluding carboxylic acids is 2. The summed E-state index contributed by atoms with van der Waals surface area (Å²) < 4.78 is 5.13. The molecule has 1 aliphatic heterocycles. The fraction of sp³-hybridized carbons (Fsp3) is 0.556. The van der Waals surface area contributed by atoms with Crippen LogP contribution in [0.2, 0.25) is 0 Å². The Bertz CT molecular complexity index is 704. The lowest BCUT2D eigenvalue weighted by Gasteiger charge is -2.32. The molecule has 0 aromatic heterocycles. The van der Waals surface area contributed by atoms with Crippen LogP contribution >= 0.6 is 0 Å². The van der Waals surface area contributed by atoms with Crippen LogP contribution in [0.4, 0.5) is 11.4 Å². The van der Waals surface area contributed by atoms with Crippen LogP contribution in [0, 0.1) is 16.0 Å².